The highest BCUT2D eigenvalue weighted by Crippen LogP contribution is 2.32. The summed E-state index contributed by atoms with van der Waals surface area (Å²) in [5.74, 6) is -0.240. The fourth-order valence-electron chi connectivity index (χ4n) is 9.58. The zero-order valence-corrected chi connectivity index (χ0v) is 36.6. The number of amides is 3. The summed E-state index contributed by atoms with van der Waals surface area (Å²) in [5, 5.41) is 11.1. The number of likely N-dealkylation sites (tertiary alicyclic amines) is 1. The molecule has 0 bridgehead atoms. The van der Waals surface area contributed by atoms with Crippen molar-refractivity contribution in [3.8, 4) is 11.1 Å². The lowest BCUT2D eigenvalue weighted by atomic mass is 9.90. The van der Waals surface area contributed by atoms with Gasteiger partial charge in [-0.25, -0.2) is 0 Å². The summed E-state index contributed by atoms with van der Waals surface area (Å²) in [6.45, 7) is 6.79. The van der Waals surface area contributed by atoms with E-state index in [0.717, 1.165) is 115 Å². The van der Waals surface area contributed by atoms with E-state index in [0.29, 0.717) is 37.3 Å². The minimum atomic E-state index is -4.40. The van der Waals surface area contributed by atoms with Crippen molar-refractivity contribution >= 4 is 40.1 Å². The minimum Gasteiger partial charge on any atom is -0.369 e. The number of nitrogens with zero attached hydrogens (tertiary/aromatic N) is 5. The normalized spacial score (nSPS) is 18.1. The molecule has 6 aromatic rings. The predicted octanol–water partition coefficient (Wildman–Crippen LogP) is 7.39. The number of Topliss-reactive ketones (excluding diaryl/α,β-unsaturated/α-hetero) is 1. The summed E-state index contributed by atoms with van der Waals surface area (Å²) in [5.41, 5.74) is 5.95. The Kier molecular flexibility index (Phi) is 13.2. The monoisotopic (exact) mass is 898 g/mol. The van der Waals surface area contributed by atoms with E-state index in [-0.39, 0.29) is 36.0 Å². The third-order valence-electron chi connectivity index (χ3n) is 13.4. The summed E-state index contributed by atoms with van der Waals surface area (Å²) in [6, 6.07) is 27.8. The number of carbonyl (C=O) groups excluding carboxylic acids is 4. The average Bonchev–Trinajstić information content (AvgIpc) is 3.98. The Balaban J connectivity index is 0.744. The smallest absolute Gasteiger partial charge is 0.369 e. The van der Waals surface area contributed by atoms with Gasteiger partial charge in [-0.2, -0.15) is 18.3 Å². The number of carbonyl (C=O) groups is 4. The molecule has 3 amide bonds. The van der Waals surface area contributed by atoms with Crippen LogP contribution in [-0.4, -0.2) is 100 Å². The van der Waals surface area contributed by atoms with E-state index in [4.69, 9.17) is 0 Å². The van der Waals surface area contributed by atoms with Crippen molar-refractivity contribution in [2.75, 3.05) is 57.3 Å². The number of benzene rings is 4. The van der Waals surface area contributed by atoms with Gasteiger partial charge in [-0.3, -0.25) is 34.1 Å². The number of piperazine rings is 1. The summed E-state index contributed by atoms with van der Waals surface area (Å²) >= 11 is 0. The van der Waals surface area contributed by atoms with Crippen molar-refractivity contribution in [3.63, 3.8) is 0 Å². The van der Waals surface area contributed by atoms with Crippen LogP contribution in [0.15, 0.2) is 116 Å². The largest absolute Gasteiger partial charge is 0.416 e. The molecule has 5 heterocycles. The average molecular weight is 899 g/mol. The highest BCUT2D eigenvalue weighted by atomic mass is 19.4. The Morgan fingerprint density at radius 2 is 1.58 bits per heavy atom. The number of rotatable bonds is 14. The first kappa shape index (κ1) is 44.6. The van der Waals surface area contributed by atoms with Crippen LogP contribution >= 0.6 is 0 Å². The van der Waals surface area contributed by atoms with Crippen molar-refractivity contribution in [1.29, 1.82) is 0 Å². The molecule has 3 fully saturated rings. The van der Waals surface area contributed by atoms with E-state index in [2.05, 4.69) is 42.6 Å². The quantitative estimate of drug-likeness (QED) is 0.0762. The number of nitrogens with one attached hydrogen (secondary N) is 3. The molecule has 2 atom stereocenters. The third kappa shape index (κ3) is 10.3. The van der Waals surface area contributed by atoms with Gasteiger partial charge in [0.25, 0.3) is 0 Å². The Hall–Kier alpha value is -6.58. The molecule has 3 aliphatic heterocycles. The molecule has 66 heavy (non-hydrogen) atoms. The number of ketones is 1. The zero-order valence-electron chi connectivity index (χ0n) is 36.6. The fraction of sp³-hybridized carbons (Fsp3) is 0.353. The minimum absolute atomic E-state index is 0.0456. The Morgan fingerprint density at radius 3 is 2.29 bits per heavy atom. The second-order valence-electron chi connectivity index (χ2n) is 17.7. The van der Waals surface area contributed by atoms with Crippen LogP contribution < -0.4 is 15.5 Å². The van der Waals surface area contributed by atoms with Crippen molar-refractivity contribution in [2.45, 2.75) is 56.8 Å². The molecule has 2 unspecified atom stereocenters. The molecular formula is C51H53F3N8O4. The maximum atomic E-state index is 14.2. The van der Waals surface area contributed by atoms with Crippen molar-refractivity contribution in [1.82, 2.24) is 35.2 Å². The maximum Gasteiger partial charge on any atom is 0.416 e. The van der Waals surface area contributed by atoms with Crippen LogP contribution in [0.5, 0.6) is 0 Å². The molecule has 15 heteroatoms. The van der Waals surface area contributed by atoms with Gasteiger partial charge < -0.3 is 20.1 Å². The summed E-state index contributed by atoms with van der Waals surface area (Å²) in [6.07, 6.45) is 4.23. The van der Waals surface area contributed by atoms with Gasteiger partial charge in [0, 0.05) is 98.9 Å². The van der Waals surface area contributed by atoms with Crippen LogP contribution in [-0.2, 0) is 33.5 Å². The molecule has 9 rings (SSSR count). The highest BCUT2D eigenvalue weighted by molar-refractivity contribution is 6.11. The van der Waals surface area contributed by atoms with Crippen LogP contribution in [0.25, 0.3) is 22.0 Å². The van der Waals surface area contributed by atoms with Gasteiger partial charge >= 0.3 is 6.18 Å². The van der Waals surface area contributed by atoms with E-state index >= 15 is 0 Å². The lowest BCUT2D eigenvalue weighted by Gasteiger charge is -2.39. The van der Waals surface area contributed by atoms with Crippen LogP contribution in [0, 0.1) is 5.92 Å². The van der Waals surface area contributed by atoms with Gasteiger partial charge in [-0.1, -0.05) is 66.7 Å². The second-order valence-corrected chi connectivity index (χ2v) is 17.7. The van der Waals surface area contributed by atoms with Gasteiger partial charge in [0.15, 0.2) is 5.78 Å². The molecule has 4 aromatic carbocycles. The number of imide groups is 1. The van der Waals surface area contributed by atoms with Crippen molar-refractivity contribution in [2.24, 2.45) is 5.92 Å². The van der Waals surface area contributed by atoms with E-state index < -0.39 is 17.8 Å². The Morgan fingerprint density at radius 1 is 0.833 bits per heavy atom. The fourth-order valence-corrected chi connectivity index (χ4v) is 9.58. The molecule has 3 N–H and O–H groups in total. The number of aromatic amines is 1. The standard InChI is InChI=1S/C51H53F3N8O4/c52-51(53,54)40-11-6-34(7-12-40)18-21-55-48(37-4-2-1-3-5-37)49(65)44-30-56-45-28-38(10-15-43(44)45)39-29-57-62(32-39)33-47(64)61-22-19-35(20-23-61)31-59-24-26-60(27-25-59)41-13-8-36(9-14-41)42-16-17-46(63)58-50(42)66/h1-15,28-30,32,35,42,48,55-56H,16-27,31,33H2,(H,58,63,66). The molecule has 0 radical (unpaired) electrons. The number of H-pyrrole nitrogens is 1. The van der Waals surface area contributed by atoms with Crippen molar-refractivity contribution in [3.05, 3.63) is 143 Å². The molecule has 0 spiro atoms. The Bertz CT molecular complexity index is 2660. The topological polar surface area (TPSA) is 136 Å². The molecule has 0 aliphatic carbocycles. The first-order chi connectivity index (χ1) is 31.9. The van der Waals surface area contributed by atoms with Gasteiger partial charge in [-0.15, -0.1) is 0 Å². The van der Waals surface area contributed by atoms with Gasteiger partial charge in [0.05, 0.1) is 23.7 Å². The van der Waals surface area contributed by atoms with E-state index in [1.165, 1.54) is 12.1 Å². The first-order valence-electron chi connectivity index (χ1n) is 22.8. The van der Waals surface area contributed by atoms with Gasteiger partial charge in [-0.05, 0) is 84.2 Å². The predicted molar refractivity (Wildman–Crippen MR) is 246 cm³/mol. The number of piperidine rings is 2. The highest BCUT2D eigenvalue weighted by Gasteiger charge is 2.31. The van der Waals surface area contributed by atoms with Crippen molar-refractivity contribution < 1.29 is 32.3 Å². The van der Waals surface area contributed by atoms with E-state index in [9.17, 15) is 32.3 Å². The van der Waals surface area contributed by atoms with Crippen LogP contribution in [0.4, 0.5) is 18.9 Å². The number of hydrogen-bond donors (Lipinski definition) is 3. The lowest BCUT2D eigenvalue weighted by Crippen LogP contribution is -2.49. The molecule has 0 saturated carbocycles. The Labute approximate surface area is 381 Å². The molecule has 2 aromatic heterocycles. The lowest BCUT2D eigenvalue weighted by molar-refractivity contribution is -0.138. The summed E-state index contributed by atoms with van der Waals surface area (Å²) in [7, 11) is 0. The van der Waals surface area contributed by atoms with Gasteiger partial charge in [0.2, 0.25) is 17.7 Å². The van der Waals surface area contributed by atoms with Crippen LogP contribution in [0.2, 0.25) is 0 Å². The summed E-state index contributed by atoms with van der Waals surface area (Å²) < 4.78 is 40.9. The molecule has 342 valence electrons. The number of halogens is 3. The molecular weight excluding hydrogens is 846 g/mol. The van der Waals surface area contributed by atoms with Crippen LogP contribution in [0.3, 0.4) is 0 Å². The number of hydrogen-bond acceptors (Lipinski definition) is 8. The maximum absolute atomic E-state index is 14.2. The van der Waals surface area contributed by atoms with E-state index in [1.807, 2.05) is 71.8 Å². The van der Waals surface area contributed by atoms with Crippen LogP contribution in [0.1, 0.15) is 70.3 Å². The number of alkyl halides is 3. The van der Waals surface area contributed by atoms with Gasteiger partial charge in [0.1, 0.15) is 6.54 Å². The SMILES string of the molecule is O=C1CCC(c2ccc(N3CCN(CC4CCN(C(=O)Cn5cc(-c6ccc7c(C(=O)C(NCCc8ccc(C(F)(F)F)cc8)c8ccccc8)c[nH]c7c6)cn5)CC4)CC3)cc2)C(=O)N1. The number of aromatic nitrogens is 3. The number of fused-ring (bicyclic) bond motifs is 1. The molecule has 3 saturated heterocycles. The summed E-state index contributed by atoms with van der Waals surface area (Å²) in [4.78, 5) is 61.6. The molecule has 3 aliphatic rings. The van der Waals surface area contributed by atoms with E-state index in [1.54, 1.807) is 17.1 Å². The second kappa shape index (κ2) is 19.5. The molecule has 12 nitrogen and oxygen atoms in total. The third-order valence-corrected chi connectivity index (χ3v) is 13.4. The zero-order chi connectivity index (χ0) is 45.8. The first-order valence-corrected chi connectivity index (χ1v) is 22.8. The number of anilines is 1.